The van der Waals surface area contributed by atoms with Crippen molar-refractivity contribution in [1.82, 2.24) is 5.32 Å². The second-order valence-corrected chi connectivity index (χ2v) is 6.00. The van der Waals surface area contributed by atoms with Crippen LogP contribution in [0.4, 0.5) is 4.79 Å². The van der Waals surface area contributed by atoms with Crippen molar-refractivity contribution in [3.63, 3.8) is 0 Å². The molecule has 24 heavy (non-hydrogen) atoms. The summed E-state index contributed by atoms with van der Waals surface area (Å²) in [5.74, 6) is -1.05. The standard InChI is InChI=1S/C19H19NO4/c21-17(22)16(19(11-12-19)15-9-5-2-6-10-15)20-18(23)24-13-14-7-3-1-4-8-14/h1-10,16H,11-13H2,(H,20,23)(H,21,22). The number of carboxylic acids is 1. The van der Waals surface area contributed by atoms with Crippen molar-refractivity contribution in [1.29, 1.82) is 0 Å². The molecule has 0 saturated heterocycles. The summed E-state index contributed by atoms with van der Waals surface area (Å²) < 4.78 is 5.15. The Bertz CT molecular complexity index is 711. The number of carbonyl (C=O) groups is 2. The predicted octanol–water partition coefficient (Wildman–Crippen LogP) is 3.10. The van der Waals surface area contributed by atoms with Gasteiger partial charge in [-0.2, -0.15) is 0 Å². The van der Waals surface area contributed by atoms with Crippen LogP contribution < -0.4 is 5.32 Å². The van der Waals surface area contributed by atoms with Gasteiger partial charge in [0.2, 0.25) is 0 Å². The zero-order valence-electron chi connectivity index (χ0n) is 13.1. The quantitative estimate of drug-likeness (QED) is 0.856. The van der Waals surface area contributed by atoms with Crippen LogP contribution in [-0.4, -0.2) is 23.2 Å². The fraction of sp³-hybridized carbons (Fsp3) is 0.263. The van der Waals surface area contributed by atoms with Gasteiger partial charge in [-0.3, -0.25) is 0 Å². The molecule has 1 amide bonds. The van der Waals surface area contributed by atoms with E-state index < -0.39 is 23.5 Å². The summed E-state index contributed by atoms with van der Waals surface area (Å²) in [5, 5.41) is 12.1. The van der Waals surface area contributed by atoms with E-state index in [4.69, 9.17) is 4.74 Å². The van der Waals surface area contributed by atoms with Crippen LogP contribution in [0.25, 0.3) is 0 Å². The number of amides is 1. The van der Waals surface area contributed by atoms with Crippen LogP contribution in [0, 0.1) is 0 Å². The lowest BCUT2D eigenvalue weighted by Gasteiger charge is -2.24. The highest BCUT2D eigenvalue weighted by atomic mass is 16.5. The molecule has 1 aliphatic carbocycles. The van der Waals surface area contributed by atoms with Gasteiger partial charge in [0.1, 0.15) is 12.6 Å². The molecule has 1 atom stereocenters. The van der Waals surface area contributed by atoms with Crippen LogP contribution in [0.1, 0.15) is 24.0 Å². The summed E-state index contributed by atoms with van der Waals surface area (Å²) in [6.07, 6.45) is 0.744. The van der Waals surface area contributed by atoms with E-state index in [1.54, 1.807) is 0 Å². The first-order valence-corrected chi connectivity index (χ1v) is 7.87. The summed E-state index contributed by atoms with van der Waals surface area (Å²) in [4.78, 5) is 23.7. The Balaban J connectivity index is 1.66. The number of benzene rings is 2. The number of alkyl carbamates (subject to hydrolysis) is 1. The second kappa shape index (κ2) is 6.74. The average molecular weight is 325 g/mol. The molecule has 2 aromatic carbocycles. The van der Waals surface area contributed by atoms with E-state index in [2.05, 4.69) is 5.32 Å². The smallest absolute Gasteiger partial charge is 0.408 e. The van der Waals surface area contributed by atoms with Crippen LogP contribution >= 0.6 is 0 Å². The number of carboxylic acid groups (broad SMARTS) is 1. The lowest BCUT2D eigenvalue weighted by atomic mass is 9.88. The molecule has 0 spiro atoms. The fourth-order valence-corrected chi connectivity index (χ4v) is 2.97. The third-order valence-corrected chi connectivity index (χ3v) is 4.41. The van der Waals surface area contributed by atoms with E-state index in [0.717, 1.165) is 24.0 Å². The van der Waals surface area contributed by atoms with Crippen molar-refractivity contribution in [2.24, 2.45) is 0 Å². The van der Waals surface area contributed by atoms with Gasteiger partial charge in [0.15, 0.2) is 0 Å². The lowest BCUT2D eigenvalue weighted by molar-refractivity contribution is -0.140. The zero-order valence-corrected chi connectivity index (χ0v) is 13.1. The van der Waals surface area contributed by atoms with Crippen LogP contribution in [0.2, 0.25) is 0 Å². The molecule has 3 rings (SSSR count). The summed E-state index contributed by atoms with van der Waals surface area (Å²) in [5.41, 5.74) is 1.24. The number of hydrogen-bond acceptors (Lipinski definition) is 3. The number of nitrogens with one attached hydrogen (secondary N) is 1. The van der Waals surface area contributed by atoms with Gasteiger partial charge in [-0.15, -0.1) is 0 Å². The predicted molar refractivity (Wildman–Crippen MR) is 88.5 cm³/mol. The van der Waals surface area contributed by atoms with Gasteiger partial charge < -0.3 is 15.2 Å². The molecule has 2 N–H and O–H groups in total. The Kier molecular flexibility index (Phi) is 4.51. The molecule has 124 valence electrons. The van der Waals surface area contributed by atoms with Gasteiger partial charge in [-0.25, -0.2) is 9.59 Å². The molecule has 0 aromatic heterocycles. The molecule has 0 heterocycles. The number of hydrogen-bond donors (Lipinski definition) is 2. The monoisotopic (exact) mass is 325 g/mol. The topological polar surface area (TPSA) is 75.6 Å². The highest BCUT2D eigenvalue weighted by molar-refractivity contribution is 5.82. The third-order valence-electron chi connectivity index (χ3n) is 4.41. The van der Waals surface area contributed by atoms with E-state index in [0.29, 0.717) is 0 Å². The van der Waals surface area contributed by atoms with Crippen molar-refractivity contribution >= 4 is 12.1 Å². The first-order valence-electron chi connectivity index (χ1n) is 7.87. The first-order chi connectivity index (χ1) is 11.6. The van der Waals surface area contributed by atoms with Crippen molar-refractivity contribution in [3.8, 4) is 0 Å². The van der Waals surface area contributed by atoms with E-state index in [1.807, 2.05) is 60.7 Å². The van der Waals surface area contributed by atoms with Gasteiger partial charge in [0, 0.05) is 5.41 Å². The number of rotatable bonds is 6. The lowest BCUT2D eigenvalue weighted by Crippen LogP contribution is -2.49. The molecular formula is C19H19NO4. The first kappa shape index (κ1) is 16.1. The van der Waals surface area contributed by atoms with Crippen molar-refractivity contribution in [2.75, 3.05) is 0 Å². The Morgan fingerprint density at radius 2 is 1.62 bits per heavy atom. The SMILES string of the molecule is O=C(NC(C(=O)O)C1(c2ccccc2)CC1)OCc1ccccc1. The van der Waals surface area contributed by atoms with E-state index in [1.165, 1.54) is 0 Å². The average Bonchev–Trinajstić information content (AvgIpc) is 3.41. The minimum Gasteiger partial charge on any atom is -0.480 e. The van der Waals surface area contributed by atoms with E-state index in [9.17, 15) is 14.7 Å². The third kappa shape index (κ3) is 3.40. The molecule has 5 nitrogen and oxygen atoms in total. The molecule has 0 radical (unpaired) electrons. The highest BCUT2D eigenvalue weighted by Gasteiger charge is 2.54. The Labute approximate surface area is 140 Å². The van der Waals surface area contributed by atoms with Gasteiger partial charge in [0.25, 0.3) is 0 Å². The summed E-state index contributed by atoms with van der Waals surface area (Å²) >= 11 is 0. The Morgan fingerprint density at radius 1 is 1.04 bits per heavy atom. The number of ether oxygens (including phenoxy) is 1. The molecule has 1 fully saturated rings. The van der Waals surface area contributed by atoms with Gasteiger partial charge in [-0.1, -0.05) is 60.7 Å². The molecule has 0 bridgehead atoms. The molecule has 1 saturated carbocycles. The van der Waals surface area contributed by atoms with Crippen LogP contribution in [0.15, 0.2) is 60.7 Å². The summed E-state index contributed by atoms with van der Waals surface area (Å²) in [7, 11) is 0. The molecular weight excluding hydrogens is 306 g/mol. The van der Waals surface area contributed by atoms with E-state index in [-0.39, 0.29) is 6.61 Å². The van der Waals surface area contributed by atoms with Crippen molar-refractivity contribution in [2.45, 2.75) is 30.9 Å². The molecule has 2 aromatic rings. The molecule has 1 aliphatic rings. The van der Waals surface area contributed by atoms with Gasteiger partial charge >= 0.3 is 12.1 Å². The minimum absolute atomic E-state index is 0.108. The largest absolute Gasteiger partial charge is 0.480 e. The summed E-state index contributed by atoms with van der Waals surface area (Å²) in [6, 6.07) is 17.7. The maximum atomic E-state index is 12.0. The maximum Gasteiger partial charge on any atom is 0.408 e. The zero-order chi connectivity index (χ0) is 17.0. The molecule has 0 aliphatic heterocycles. The van der Waals surface area contributed by atoms with Crippen LogP contribution in [0.5, 0.6) is 0 Å². The van der Waals surface area contributed by atoms with Gasteiger partial charge in [0.05, 0.1) is 0 Å². The normalized spacial score (nSPS) is 16.0. The van der Waals surface area contributed by atoms with Crippen LogP contribution in [-0.2, 0) is 21.6 Å². The fourth-order valence-electron chi connectivity index (χ4n) is 2.97. The van der Waals surface area contributed by atoms with Crippen LogP contribution in [0.3, 0.4) is 0 Å². The molecule has 5 heteroatoms. The minimum atomic E-state index is -1.05. The Morgan fingerprint density at radius 3 is 2.17 bits per heavy atom. The number of carbonyl (C=O) groups excluding carboxylic acids is 1. The van der Waals surface area contributed by atoms with E-state index >= 15 is 0 Å². The highest BCUT2D eigenvalue weighted by Crippen LogP contribution is 2.51. The Hall–Kier alpha value is -2.82. The molecule has 1 unspecified atom stereocenters. The summed E-state index contributed by atoms with van der Waals surface area (Å²) in [6.45, 7) is 0.108. The van der Waals surface area contributed by atoms with Crippen molar-refractivity contribution < 1.29 is 19.4 Å². The van der Waals surface area contributed by atoms with Gasteiger partial charge in [-0.05, 0) is 24.0 Å². The van der Waals surface area contributed by atoms with Crippen molar-refractivity contribution in [3.05, 3.63) is 71.8 Å². The maximum absolute atomic E-state index is 12.0. The second-order valence-electron chi connectivity index (χ2n) is 6.00. The number of aliphatic carboxylic acids is 1.